The van der Waals surface area contributed by atoms with E-state index in [0.29, 0.717) is 0 Å². The van der Waals surface area contributed by atoms with E-state index in [9.17, 15) is 13.2 Å². The van der Waals surface area contributed by atoms with Crippen molar-refractivity contribution >= 4 is 17.4 Å². The summed E-state index contributed by atoms with van der Waals surface area (Å²) in [6, 6.07) is 1.98. The number of hydrogen-bond donors (Lipinski definition) is 0. The van der Waals surface area contributed by atoms with Gasteiger partial charge in [0.2, 0.25) is 0 Å². The number of aromatic nitrogens is 1. The number of nitrogens with zero attached hydrogens (tertiary/aromatic N) is 2. The third-order valence-corrected chi connectivity index (χ3v) is 3.03. The molecule has 1 atom stereocenters. The van der Waals surface area contributed by atoms with Crippen LogP contribution in [-0.2, 0) is 6.18 Å². The maximum absolute atomic E-state index is 12.7. The molecule has 0 radical (unpaired) electrons. The van der Waals surface area contributed by atoms with Crippen LogP contribution in [-0.4, -0.2) is 18.1 Å². The number of halogens is 4. The molecule has 0 N–H and O–H groups in total. The highest BCUT2D eigenvalue weighted by atomic mass is 35.5. The Bertz CT molecular complexity index is 407. The third-order valence-electron chi connectivity index (χ3n) is 2.84. The van der Waals surface area contributed by atoms with Crippen molar-refractivity contribution in [2.75, 3.05) is 11.9 Å². The smallest absolute Gasteiger partial charge is 0.357 e. The van der Waals surface area contributed by atoms with Gasteiger partial charge >= 0.3 is 6.18 Å². The molecule has 0 spiro atoms. The lowest BCUT2D eigenvalue weighted by Crippen LogP contribution is -2.29. The zero-order valence-electron chi connectivity index (χ0n) is 10.6. The predicted octanol–water partition coefficient (Wildman–Crippen LogP) is 4.38. The molecule has 1 heterocycles. The van der Waals surface area contributed by atoms with E-state index in [1.165, 1.54) is 0 Å². The van der Waals surface area contributed by atoms with Crippen LogP contribution in [0.2, 0.25) is 5.15 Å². The van der Waals surface area contributed by atoms with E-state index in [1.807, 2.05) is 13.8 Å². The molecule has 0 fully saturated rings. The first-order chi connectivity index (χ1) is 8.25. The highest BCUT2D eigenvalue weighted by Gasteiger charge is 2.32. The van der Waals surface area contributed by atoms with Crippen LogP contribution in [0.1, 0.15) is 32.3 Å². The highest BCUT2D eigenvalue weighted by Crippen LogP contribution is 2.33. The molecule has 2 nitrogen and oxygen atoms in total. The van der Waals surface area contributed by atoms with Crippen molar-refractivity contribution in [3.63, 3.8) is 0 Å². The lowest BCUT2D eigenvalue weighted by atomic mass is 10.1. The summed E-state index contributed by atoms with van der Waals surface area (Å²) in [5.74, 6) is 0.246. The zero-order valence-corrected chi connectivity index (χ0v) is 11.3. The molecular weight excluding hydrogens is 265 g/mol. The second-order valence-electron chi connectivity index (χ2n) is 4.28. The van der Waals surface area contributed by atoms with Gasteiger partial charge in [-0.05, 0) is 25.5 Å². The number of pyridine rings is 1. The molecular formula is C12H16ClF3N2. The summed E-state index contributed by atoms with van der Waals surface area (Å²) in [7, 11) is 1.72. The van der Waals surface area contributed by atoms with Gasteiger partial charge in [-0.3, -0.25) is 0 Å². The van der Waals surface area contributed by atoms with Gasteiger partial charge in [0.1, 0.15) is 11.0 Å². The van der Waals surface area contributed by atoms with Crippen molar-refractivity contribution in [3.05, 3.63) is 22.8 Å². The molecule has 1 aromatic rings. The Morgan fingerprint density at radius 3 is 2.50 bits per heavy atom. The molecule has 0 aliphatic rings. The molecule has 102 valence electrons. The van der Waals surface area contributed by atoms with Crippen molar-refractivity contribution in [1.29, 1.82) is 0 Å². The van der Waals surface area contributed by atoms with Crippen LogP contribution < -0.4 is 4.90 Å². The lowest BCUT2D eigenvalue weighted by molar-refractivity contribution is -0.137. The Morgan fingerprint density at radius 1 is 1.39 bits per heavy atom. The summed E-state index contributed by atoms with van der Waals surface area (Å²) in [4.78, 5) is 5.65. The molecule has 0 aromatic carbocycles. The number of rotatable bonds is 4. The summed E-state index contributed by atoms with van der Waals surface area (Å²) in [5, 5.41) is -0.143. The summed E-state index contributed by atoms with van der Waals surface area (Å²) in [6.45, 7) is 3.97. The van der Waals surface area contributed by atoms with Crippen LogP contribution in [0.3, 0.4) is 0 Å². The first-order valence-electron chi connectivity index (χ1n) is 5.73. The third kappa shape index (κ3) is 3.77. The van der Waals surface area contributed by atoms with Crippen LogP contribution in [0.5, 0.6) is 0 Å². The largest absolute Gasteiger partial charge is 0.416 e. The van der Waals surface area contributed by atoms with E-state index in [4.69, 9.17) is 11.6 Å². The molecule has 0 saturated heterocycles. The normalized spacial score (nSPS) is 13.5. The first-order valence-corrected chi connectivity index (χ1v) is 6.11. The Balaban J connectivity index is 3.06. The monoisotopic (exact) mass is 280 g/mol. The molecule has 0 aliphatic heterocycles. The minimum Gasteiger partial charge on any atom is -0.357 e. The quantitative estimate of drug-likeness (QED) is 0.761. The van der Waals surface area contributed by atoms with Gasteiger partial charge in [0, 0.05) is 13.1 Å². The van der Waals surface area contributed by atoms with Crippen molar-refractivity contribution in [2.24, 2.45) is 0 Å². The number of hydrogen-bond acceptors (Lipinski definition) is 2. The van der Waals surface area contributed by atoms with Gasteiger partial charge in [-0.1, -0.05) is 24.9 Å². The van der Waals surface area contributed by atoms with Crippen LogP contribution in [0, 0.1) is 0 Å². The predicted molar refractivity (Wildman–Crippen MR) is 67.0 cm³/mol. The van der Waals surface area contributed by atoms with Crippen molar-refractivity contribution in [3.8, 4) is 0 Å². The first kappa shape index (κ1) is 15.1. The van der Waals surface area contributed by atoms with Crippen LogP contribution >= 0.6 is 11.6 Å². The van der Waals surface area contributed by atoms with Crippen molar-refractivity contribution in [2.45, 2.75) is 38.9 Å². The fraction of sp³-hybridized carbons (Fsp3) is 0.583. The lowest BCUT2D eigenvalue weighted by Gasteiger charge is -2.26. The highest BCUT2D eigenvalue weighted by molar-refractivity contribution is 6.29. The van der Waals surface area contributed by atoms with Gasteiger partial charge in [-0.15, -0.1) is 0 Å². The number of anilines is 1. The van der Waals surface area contributed by atoms with E-state index in [2.05, 4.69) is 4.98 Å². The summed E-state index contributed by atoms with van der Waals surface area (Å²) in [5.41, 5.74) is -0.770. The fourth-order valence-electron chi connectivity index (χ4n) is 1.66. The molecule has 0 saturated carbocycles. The maximum Gasteiger partial charge on any atom is 0.416 e. The Kier molecular flexibility index (Phi) is 4.85. The fourth-order valence-corrected chi connectivity index (χ4v) is 1.87. The average molecular weight is 281 g/mol. The van der Waals surface area contributed by atoms with Crippen LogP contribution in [0.25, 0.3) is 0 Å². The molecule has 0 amide bonds. The van der Waals surface area contributed by atoms with Gasteiger partial charge in [0.25, 0.3) is 0 Å². The molecule has 1 rings (SSSR count). The van der Waals surface area contributed by atoms with Gasteiger partial charge in [-0.2, -0.15) is 13.2 Å². The van der Waals surface area contributed by atoms with Crippen LogP contribution in [0.4, 0.5) is 19.0 Å². The minimum atomic E-state index is -4.41. The summed E-state index contributed by atoms with van der Waals surface area (Å²) >= 11 is 5.64. The topological polar surface area (TPSA) is 16.1 Å². The van der Waals surface area contributed by atoms with Gasteiger partial charge in [0.15, 0.2) is 0 Å². The Hall–Kier alpha value is -0.970. The Labute approximate surface area is 110 Å². The molecule has 1 unspecified atom stereocenters. The van der Waals surface area contributed by atoms with E-state index in [1.54, 1.807) is 11.9 Å². The SMILES string of the molecule is CCCC(C)N(C)c1cc(C(F)(F)F)cc(Cl)n1. The molecule has 1 aromatic heterocycles. The minimum absolute atomic E-state index is 0.113. The van der Waals surface area contributed by atoms with Crippen molar-refractivity contribution in [1.82, 2.24) is 4.98 Å². The molecule has 0 bridgehead atoms. The zero-order chi connectivity index (χ0) is 13.9. The van der Waals surface area contributed by atoms with E-state index < -0.39 is 11.7 Å². The second-order valence-corrected chi connectivity index (χ2v) is 4.67. The molecule has 0 aliphatic carbocycles. The number of alkyl halides is 3. The van der Waals surface area contributed by atoms with Crippen LogP contribution in [0.15, 0.2) is 12.1 Å². The second kappa shape index (κ2) is 5.78. The van der Waals surface area contributed by atoms with E-state index >= 15 is 0 Å². The standard InChI is InChI=1S/C12H16ClF3N2/c1-4-5-8(2)18(3)11-7-9(12(14,15)16)6-10(13)17-11/h6-8H,4-5H2,1-3H3. The van der Waals surface area contributed by atoms with Crippen molar-refractivity contribution < 1.29 is 13.2 Å². The van der Waals surface area contributed by atoms with Gasteiger partial charge in [0.05, 0.1) is 5.56 Å². The van der Waals surface area contributed by atoms with E-state index in [-0.39, 0.29) is 17.0 Å². The Morgan fingerprint density at radius 2 is 2.00 bits per heavy atom. The van der Waals surface area contributed by atoms with Gasteiger partial charge in [-0.25, -0.2) is 4.98 Å². The summed E-state index contributed by atoms with van der Waals surface area (Å²) < 4.78 is 38.0. The van der Waals surface area contributed by atoms with Gasteiger partial charge < -0.3 is 4.90 Å². The average Bonchev–Trinajstić information content (AvgIpc) is 2.26. The van der Waals surface area contributed by atoms with E-state index in [0.717, 1.165) is 25.0 Å². The molecule has 6 heteroatoms. The molecule has 18 heavy (non-hydrogen) atoms. The summed E-state index contributed by atoms with van der Waals surface area (Å²) in [6.07, 6.45) is -2.57. The maximum atomic E-state index is 12.7.